The summed E-state index contributed by atoms with van der Waals surface area (Å²) in [7, 11) is 1.45. The van der Waals surface area contributed by atoms with Crippen LogP contribution in [0.15, 0.2) is 91.0 Å². The number of nitrogens with zero attached hydrogens (tertiary/aromatic N) is 2. The summed E-state index contributed by atoms with van der Waals surface area (Å²) in [6.45, 7) is 0.00983. The van der Waals surface area contributed by atoms with E-state index in [9.17, 15) is 14.4 Å². The third kappa shape index (κ3) is 4.56. The minimum Gasteiger partial charge on any atom is -0.496 e. The van der Waals surface area contributed by atoms with Gasteiger partial charge < -0.3 is 9.47 Å². The van der Waals surface area contributed by atoms with Gasteiger partial charge in [-0.3, -0.25) is 14.5 Å². The number of hydrogen-bond acceptors (Lipinski definition) is 6. The Bertz CT molecular complexity index is 1530. The van der Waals surface area contributed by atoms with Crippen molar-refractivity contribution < 1.29 is 23.9 Å². The SMILES string of the molecule is COc1ccc(CN2C(=O)c3ccccc3C2=O)cc1C(=O)Oc1ccc(-c2ccc(C#N)cc2)cc1. The van der Waals surface area contributed by atoms with Crippen LogP contribution in [0.4, 0.5) is 0 Å². The van der Waals surface area contributed by atoms with Crippen molar-refractivity contribution in [3.63, 3.8) is 0 Å². The Balaban J connectivity index is 1.33. The number of benzene rings is 4. The topological polar surface area (TPSA) is 96.7 Å². The highest BCUT2D eigenvalue weighted by Crippen LogP contribution is 2.28. The quantitative estimate of drug-likeness (QED) is 0.209. The summed E-state index contributed by atoms with van der Waals surface area (Å²) in [6.07, 6.45) is 0. The van der Waals surface area contributed by atoms with Gasteiger partial charge in [0.05, 0.1) is 36.4 Å². The van der Waals surface area contributed by atoms with Gasteiger partial charge in [0.1, 0.15) is 17.1 Å². The number of methoxy groups -OCH3 is 1. The van der Waals surface area contributed by atoms with Crippen LogP contribution in [0.1, 0.15) is 42.2 Å². The molecule has 5 rings (SSSR count). The molecule has 0 aliphatic carbocycles. The molecule has 1 aliphatic rings. The fraction of sp³-hybridized carbons (Fsp3) is 0.0667. The summed E-state index contributed by atoms with van der Waals surface area (Å²) >= 11 is 0. The Labute approximate surface area is 213 Å². The van der Waals surface area contributed by atoms with Gasteiger partial charge in [-0.2, -0.15) is 5.26 Å². The van der Waals surface area contributed by atoms with E-state index in [-0.39, 0.29) is 23.9 Å². The summed E-state index contributed by atoms with van der Waals surface area (Å²) in [5.74, 6) is -0.724. The van der Waals surface area contributed by atoms with Crippen LogP contribution in [-0.4, -0.2) is 29.8 Å². The molecule has 4 aromatic rings. The Morgan fingerprint density at radius 1 is 0.838 bits per heavy atom. The zero-order valence-electron chi connectivity index (χ0n) is 19.8. The first-order valence-electron chi connectivity index (χ1n) is 11.4. The smallest absolute Gasteiger partial charge is 0.347 e. The van der Waals surface area contributed by atoms with Crippen LogP contribution in [0.5, 0.6) is 11.5 Å². The van der Waals surface area contributed by atoms with Gasteiger partial charge in [0.25, 0.3) is 11.8 Å². The fourth-order valence-corrected chi connectivity index (χ4v) is 4.19. The molecule has 1 heterocycles. The molecular weight excluding hydrogens is 468 g/mol. The number of imide groups is 1. The molecule has 0 saturated carbocycles. The first-order valence-corrected chi connectivity index (χ1v) is 11.4. The normalized spacial score (nSPS) is 12.2. The van der Waals surface area contributed by atoms with Crippen LogP contribution in [0.2, 0.25) is 0 Å². The lowest BCUT2D eigenvalue weighted by atomic mass is 10.0. The number of esters is 1. The standard InChI is InChI=1S/C30H20N2O5/c1-36-27-15-8-20(18-32-28(33)24-4-2-3-5-25(24)29(32)34)16-26(27)30(35)37-23-13-11-22(12-14-23)21-9-6-19(17-31)7-10-21/h2-16H,18H2,1H3. The number of hydrogen-bond donors (Lipinski definition) is 0. The largest absolute Gasteiger partial charge is 0.496 e. The van der Waals surface area contributed by atoms with Crippen LogP contribution in [-0.2, 0) is 6.54 Å². The average molecular weight is 488 g/mol. The summed E-state index contributed by atoms with van der Waals surface area (Å²) in [4.78, 5) is 39.7. The number of rotatable bonds is 6. The number of carbonyl (C=O) groups is 3. The molecule has 37 heavy (non-hydrogen) atoms. The molecule has 0 atom stereocenters. The predicted molar refractivity (Wildman–Crippen MR) is 135 cm³/mol. The predicted octanol–water partition coefficient (Wildman–Crippen LogP) is 5.25. The van der Waals surface area contributed by atoms with Crippen molar-refractivity contribution in [1.82, 2.24) is 4.90 Å². The molecule has 1 aliphatic heterocycles. The zero-order chi connectivity index (χ0) is 25.9. The molecule has 7 heteroatoms. The van der Waals surface area contributed by atoms with Gasteiger partial charge in [-0.15, -0.1) is 0 Å². The highest BCUT2D eigenvalue weighted by atomic mass is 16.5. The fourth-order valence-electron chi connectivity index (χ4n) is 4.19. The highest BCUT2D eigenvalue weighted by molar-refractivity contribution is 6.21. The van der Waals surface area contributed by atoms with Gasteiger partial charge in [0.2, 0.25) is 0 Å². The van der Waals surface area contributed by atoms with Crippen molar-refractivity contribution in [3.05, 3.63) is 119 Å². The molecule has 0 saturated heterocycles. The number of nitriles is 1. The molecule has 0 spiro atoms. The maximum Gasteiger partial charge on any atom is 0.347 e. The van der Waals surface area contributed by atoms with Gasteiger partial charge in [-0.05, 0) is 65.2 Å². The molecule has 2 amide bonds. The molecule has 0 aromatic heterocycles. The minimum absolute atomic E-state index is 0.00983. The minimum atomic E-state index is -0.632. The van der Waals surface area contributed by atoms with Crippen molar-refractivity contribution in [2.75, 3.05) is 7.11 Å². The summed E-state index contributed by atoms with van der Waals surface area (Å²) in [5.41, 5.74) is 3.90. The van der Waals surface area contributed by atoms with Crippen LogP contribution >= 0.6 is 0 Å². The van der Waals surface area contributed by atoms with E-state index in [2.05, 4.69) is 6.07 Å². The van der Waals surface area contributed by atoms with Crippen molar-refractivity contribution in [2.24, 2.45) is 0 Å². The molecule has 0 unspecified atom stereocenters. The molecule has 0 radical (unpaired) electrons. The molecule has 180 valence electrons. The monoisotopic (exact) mass is 488 g/mol. The Hall–Kier alpha value is -5.22. The third-order valence-electron chi connectivity index (χ3n) is 6.11. The number of ether oxygens (including phenoxy) is 2. The van der Waals surface area contributed by atoms with Gasteiger partial charge >= 0.3 is 5.97 Å². The number of amides is 2. The first-order chi connectivity index (χ1) is 18.0. The van der Waals surface area contributed by atoms with Gasteiger partial charge in [-0.25, -0.2) is 4.79 Å². The summed E-state index contributed by atoms with van der Waals surface area (Å²) in [6, 6.07) is 27.8. The van der Waals surface area contributed by atoms with Gasteiger partial charge in [0, 0.05) is 0 Å². The second-order valence-corrected chi connectivity index (χ2v) is 8.38. The van der Waals surface area contributed by atoms with Crippen molar-refractivity contribution >= 4 is 17.8 Å². The Morgan fingerprint density at radius 3 is 2.00 bits per heavy atom. The van der Waals surface area contributed by atoms with E-state index in [0.717, 1.165) is 16.0 Å². The molecule has 7 nitrogen and oxygen atoms in total. The highest BCUT2D eigenvalue weighted by Gasteiger charge is 2.35. The van der Waals surface area contributed by atoms with E-state index in [1.165, 1.54) is 7.11 Å². The molecule has 0 bridgehead atoms. The molecule has 0 fully saturated rings. The molecule has 0 N–H and O–H groups in total. The van der Waals surface area contributed by atoms with Gasteiger partial charge in [-0.1, -0.05) is 42.5 Å². The average Bonchev–Trinajstić information content (AvgIpc) is 3.18. The lowest BCUT2D eigenvalue weighted by molar-refractivity contribution is 0.0642. The summed E-state index contributed by atoms with van der Waals surface area (Å²) in [5, 5.41) is 8.96. The van der Waals surface area contributed by atoms with Crippen LogP contribution in [0.3, 0.4) is 0 Å². The second kappa shape index (κ2) is 9.80. The van der Waals surface area contributed by atoms with E-state index in [1.807, 2.05) is 24.3 Å². The first kappa shape index (κ1) is 23.5. The molecule has 4 aromatic carbocycles. The van der Waals surface area contributed by atoms with E-state index in [1.54, 1.807) is 66.7 Å². The van der Waals surface area contributed by atoms with Gasteiger partial charge in [0.15, 0.2) is 0 Å². The lowest BCUT2D eigenvalue weighted by Crippen LogP contribution is -2.29. The lowest BCUT2D eigenvalue weighted by Gasteiger charge is -2.16. The second-order valence-electron chi connectivity index (χ2n) is 8.38. The molecular formula is C30H20N2O5. The maximum atomic E-state index is 13.0. The van der Waals surface area contributed by atoms with Crippen molar-refractivity contribution in [2.45, 2.75) is 6.54 Å². The zero-order valence-corrected chi connectivity index (χ0v) is 19.8. The van der Waals surface area contributed by atoms with Crippen molar-refractivity contribution in [1.29, 1.82) is 5.26 Å². The van der Waals surface area contributed by atoms with E-state index >= 15 is 0 Å². The Morgan fingerprint density at radius 2 is 1.43 bits per heavy atom. The van der Waals surface area contributed by atoms with Crippen molar-refractivity contribution in [3.8, 4) is 28.7 Å². The van der Waals surface area contributed by atoms with Crippen LogP contribution in [0.25, 0.3) is 11.1 Å². The van der Waals surface area contributed by atoms with Crippen LogP contribution in [0, 0.1) is 11.3 Å². The third-order valence-corrected chi connectivity index (χ3v) is 6.11. The van der Waals surface area contributed by atoms with Crippen LogP contribution < -0.4 is 9.47 Å². The number of carbonyl (C=O) groups excluding carboxylic acids is 3. The van der Waals surface area contributed by atoms with E-state index in [0.29, 0.717) is 33.8 Å². The van der Waals surface area contributed by atoms with E-state index < -0.39 is 5.97 Å². The Kier molecular flexibility index (Phi) is 6.23. The maximum absolute atomic E-state index is 13.0. The number of fused-ring (bicyclic) bond motifs is 1. The van der Waals surface area contributed by atoms with E-state index in [4.69, 9.17) is 14.7 Å². The summed E-state index contributed by atoms with van der Waals surface area (Å²) < 4.78 is 10.9.